The third kappa shape index (κ3) is 2.94. The minimum absolute atomic E-state index is 0.885. The SMILES string of the molecule is C=C/C(=C\C=C/C)n1ncc2c1CNC2.CC. The van der Waals surface area contributed by atoms with E-state index < -0.39 is 0 Å². The second-order valence-electron chi connectivity index (χ2n) is 3.45. The van der Waals surface area contributed by atoms with Crippen LogP contribution in [0.5, 0.6) is 0 Å². The molecule has 3 heteroatoms. The van der Waals surface area contributed by atoms with Gasteiger partial charge in [0.15, 0.2) is 0 Å². The van der Waals surface area contributed by atoms with Crippen molar-refractivity contribution in [1.82, 2.24) is 15.1 Å². The molecule has 0 saturated heterocycles. The number of aromatic nitrogens is 2. The molecule has 1 N–H and O–H groups in total. The van der Waals surface area contributed by atoms with E-state index in [4.69, 9.17) is 0 Å². The van der Waals surface area contributed by atoms with Crippen molar-refractivity contribution in [2.24, 2.45) is 0 Å². The fraction of sp³-hybridized carbons (Fsp3) is 0.357. The van der Waals surface area contributed by atoms with Crippen LogP contribution in [0.15, 0.2) is 37.1 Å². The zero-order valence-electron chi connectivity index (χ0n) is 10.9. The number of allylic oxidation sites excluding steroid dienone is 5. The predicted molar refractivity (Wildman–Crippen MR) is 73.4 cm³/mol. The van der Waals surface area contributed by atoms with Crippen molar-refractivity contribution in [3.63, 3.8) is 0 Å². The van der Waals surface area contributed by atoms with Gasteiger partial charge >= 0.3 is 0 Å². The molecule has 1 aromatic rings. The molecule has 1 aromatic heterocycles. The lowest BCUT2D eigenvalue weighted by atomic mass is 10.3. The van der Waals surface area contributed by atoms with Crippen LogP contribution in [-0.2, 0) is 13.1 Å². The van der Waals surface area contributed by atoms with E-state index >= 15 is 0 Å². The molecule has 92 valence electrons. The third-order valence-electron chi connectivity index (χ3n) is 2.48. The lowest BCUT2D eigenvalue weighted by Crippen LogP contribution is -2.07. The summed E-state index contributed by atoms with van der Waals surface area (Å²) in [6, 6.07) is 0. The van der Waals surface area contributed by atoms with Crippen molar-refractivity contribution >= 4 is 5.70 Å². The summed E-state index contributed by atoms with van der Waals surface area (Å²) in [5.74, 6) is 0. The van der Waals surface area contributed by atoms with Crippen molar-refractivity contribution in [1.29, 1.82) is 0 Å². The van der Waals surface area contributed by atoms with Gasteiger partial charge in [0.05, 0.1) is 17.6 Å². The number of nitrogens with zero attached hydrogens (tertiary/aromatic N) is 2. The molecule has 0 amide bonds. The molecule has 0 fully saturated rings. The standard InChI is InChI=1S/C12H15N3.C2H6/c1-3-5-6-11(4-2)15-12-9-13-7-10(12)8-14-15;1-2/h3-6,8,13H,2,7,9H2,1H3;1-2H3/b5-3-,11-6+;. The fourth-order valence-electron chi connectivity index (χ4n) is 1.70. The first-order chi connectivity index (χ1) is 8.36. The summed E-state index contributed by atoms with van der Waals surface area (Å²) in [5, 5.41) is 7.67. The molecule has 1 aliphatic rings. The van der Waals surface area contributed by atoms with Crippen LogP contribution in [0.25, 0.3) is 5.70 Å². The molecular formula is C14H21N3. The summed E-state index contributed by atoms with van der Waals surface area (Å²) in [6.45, 7) is 11.6. The van der Waals surface area contributed by atoms with Crippen LogP contribution in [0, 0.1) is 0 Å². The molecule has 3 nitrogen and oxygen atoms in total. The summed E-state index contributed by atoms with van der Waals surface area (Å²) in [4.78, 5) is 0. The lowest BCUT2D eigenvalue weighted by molar-refractivity contribution is 0.718. The quantitative estimate of drug-likeness (QED) is 0.810. The molecule has 2 heterocycles. The van der Waals surface area contributed by atoms with Crippen molar-refractivity contribution in [3.05, 3.63) is 48.3 Å². The molecule has 0 unspecified atom stereocenters. The summed E-state index contributed by atoms with van der Waals surface area (Å²) in [7, 11) is 0. The van der Waals surface area contributed by atoms with Crippen molar-refractivity contribution in [3.8, 4) is 0 Å². The summed E-state index contributed by atoms with van der Waals surface area (Å²) >= 11 is 0. The van der Waals surface area contributed by atoms with Gasteiger partial charge in [0.1, 0.15) is 0 Å². The summed E-state index contributed by atoms with van der Waals surface area (Å²) in [6.07, 6.45) is 9.74. The van der Waals surface area contributed by atoms with E-state index in [1.54, 1.807) is 0 Å². The molecule has 0 bridgehead atoms. The third-order valence-corrected chi connectivity index (χ3v) is 2.48. The highest BCUT2D eigenvalue weighted by Gasteiger charge is 2.16. The Labute approximate surface area is 104 Å². The predicted octanol–water partition coefficient (Wildman–Crippen LogP) is 3.12. The van der Waals surface area contributed by atoms with Gasteiger partial charge < -0.3 is 5.32 Å². The van der Waals surface area contributed by atoms with Gasteiger partial charge in [-0.1, -0.05) is 32.6 Å². The lowest BCUT2D eigenvalue weighted by Gasteiger charge is -2.04. The smallest absolute Gasteiger partial charge is 0.0643 e. The van der Waals surface area contributed by atoms with Gasteiger partial charge in [-0.15, -0.1) is 0 Å². The molecule has 0 atom stereocenters. The monoisotopic (exact) mass is 231 g/mol. The average Bonchev–Trinajstić information content (AvgIpc) is 2.96. The van der Waals surface area contributed by atoms with Gasteiger partial charge in [-0.2, -0.15) is 5.10 Å². The molecular weight excluding hydrogens is 210 g/mol. The number of fused-ring (bicyclic) bond motifs is 1. The number of hydrogen-bond acceptors (Lipinski definition) is 2. The van der Waals surface area contributed by atoms with Crippen LogP contribution in [-0.4, -0.2) is 9.78 Å². The topological polar surface area (TPSA) is 29.9 Å². The van der Waals surface area contributed by atoms with E-state index in [9.17, 15) is 0 Å². The second kappa shape index (κ2) is 6.86. The second-order valence-corrected chi connectivity index (χ2v) is 3.45. The molecule has 2 rings (SSSR count). The minimum atomic E-state index is 0.885. The first-order valence-electron chi connectivity index (χ1n) is 6.09. The Kier molecular flexibility index (Phi) is 5.43. The molecule has 0 aliphatic carbocycles. The van der Waals surface area contributed by atoms with Gasteiger partial charge in [-0.05, 0) is 19.1 Å². The summed E-state index contributed by atoms with van der Waals surface area (Å²) < 4.78 is 1.95. The maximum Gasteiger partial charge on any atom is 0.0643 e. The number of hydrogen-bond donors (Lipinski definition) is 1. The Morgan fingerprint density at radius 3 is 2.88 bits per heavy atom. The summed E-state index contributed by atoms with van der Waals surface area (Å²) in [5.41, 5.74) is 3.53. The van der Waals surface area contributed by atoms with E-state index in [0.717, 1.165) is 18.8 Å². The Hall–Kier alpha value is -1.61. The van der Waals surface area contributed by atoms with Crippen molar-refractivity contribution in [2.45, 2.75) is 33.9 Å². The highest BCUT2D eigenvalue weighted by atomic mass is 15.3. The Balaban J connectivity index is 0.000000686. The van der Waals surface area contributed by atoms with E-state index in [1.807, 2.05) is 56.0 Å². The Bertz CT molecular complexity index is 425. The first kappa shape index (κ1) is 13.5. The van der Waals surface area contributed by atoms with Crippen LogP contribution in [0.3, 0.4) is 0 Å². The van der Waals surface area contributed by atoms with Crippen LogP contribution in [0.1, 0.15) is 32.0 Å². The van der Waals surface area contributed by atoms with Gasteiger partial charge in [0.2, 0.25) is 0 Å². The molecule has 1 aliphatic heterocycles. The molecule has 0 radical (unpaired) electrons. The van der Waals surface area contributed by atoms with Crippen LogP contribution < -0.4 is 5.32 Å². The Morgan fingerprint density at radius 1 is 1.47 bits per heavy atom. The van der Waals surface area contributed by atoms with E-state index in [-0.39, 0.29) is 0 Å². The van der Waals surface area contributed by atoms with Crippen molar-refractivity contribution < 1.29 is 0 Å². The molecule has 0 spiro atoms. The van der Waals surface area contributed by atoms with Gasteiger partial charge in [-0.3, -0.25) is 0 Å². The van der Waals surface area contributed by atoms with Crippen LogP contribution in [0.4, 0.5) is 0 Å². The van der Waals surface area contributed by atoms with Gasteiger partial charge in [0.25, 0.3) is 0 Å². The van der Waals surface area contributed by atoms with Crippen molar-refractivity contribution in [2.75, 3.05) is 0 Å². The van der Waals surface area contributed by atoms with Crippen LogP contribution >= 0.6 is 0 Å². The maximum absolute atomic E-state index is 4.37. The maximum atomic E-state index is 4.37. The molecule has 0 saturated carbocycles. The highest BCUT2D eigenvalue weighted by Crippen LogP contribution is 2.18. The van der Waals surface area contributed by atoms with E-state index in [1.165, 1.54) is 11.3 Å². The zero-order valence-corrected chi connectivity index (χ0v) is 10.9. The first-order valence-corrected chi connectivity index (χ1v) is 6.09. The molecule has 17 heavy (non-hydrogen) atoms. The van der Waals surface area contributed by atoms with Crippen LogP contribution in [0.2, 0.25) is 0 Å². The van der Waals surface area contributed by atoms with Gasteiger partial charge in [-0.25, -0.2) is 4.68 Å². The van der Waals surface area contributed by atoms with E-state index in [0.29, 0.717) is 0 Å². The normalized spacial score (nSPS) is 14.4. The fourth-order valence-corrected chi connectivity index (χ4v) is 1.70. The highest BCUT2D eigenvalue weighted by molar-refractivity contribution is 5.59. The Morgan fingerprint density at radius 2 is 2.24 bits per heavy atom. The number of rotatable bonds is 3. The molecule has 0 aromatic carbocycles. The minimum Gasteiger partial charge on any atom is -0.307 e. The number of nitrogens with one attached hydrogen (secondary N) is 1. The van der Waals surface area contributed by atoms with E-state index in [2.05, 4.69) is 17.0 Å². The zero-order chi connectivity index (χ0) is 12.7. The average molecular weight is 231 g/mol. The van der Waals surface area contributed by atoms with Gasteiger partial charge in [0, 0.05) is 18.7 Å². The largest absolute Gasteiger partial charge is 0.307 e.